The molecule has 5 nitrogen and oxygen atoms in total. The summed E-state index contributed by atoms with van der Waals surface area (Å²) in [7, 11) is 0. The molecule has 6 rings (SSSR count). The van der Waals surface area contributed by atoms with Gasteiger partial charge in [-0.25, -0.2) is 0 Å². The molecular weight excluding hydrogens is 482 g/mol. The molecule has 0 atom stereocenters. The fourth-order valence-electron chi connectivity index (χ4n) is 6.38. The van der Waals surface area contributed by atoms with Crippen molar-refractivity contribution in [1.82, 2.24) is 15.2 Å². The lowest BCUT2D eigenvalue weighted by Crippen LogP contribution is -2.01. The van der Waals surface area contributed by atoms with Gasteiger partial charge in [-0.3, -0.25) is 5.10 Å². The third-order valence-electron chi connectivity index (χ3n) is 8.29. The molecule has 1 aliphatic carbocycles. The van der Waals surface area contributed by atoms with Gasteiger partial charge in [0.05, 0.1) is 23.5 Å². The van der Waals surface area contributed by atoms with E-state index in [0.717, 1.165) is 51.7 Å². The molecule has 1 saturated carbocycles. The second-order valence-corrected chi connectivity index (χ2v) is 10.9. The Labute approximate surface area is 229 Å². The molecule has 2 aromatic heterocycles. The molecule has 1 fully saturated rings. The van der Waals surface area contributed by atoms with Crippen molar-refractivity contribution in [3.05, 3.63) is 89.9 Å². The van der Waals surface area contributed by atoms with Gasteiger partial charge in [0, 0.05) is 33.5 Å². The number of aliphatic hydroxyl groups excluding tert-OH is 1. The van der Waals surface area contributed by atoms with Crippen LogP contribution in [0.15, 0.2) is 67.2 Å². The van der Waals surface area contributed by atoms with Gasteiger partial charge in [0.1, 0.15) is 11.5 Å². The van der Waals surface area contributed by atoms with Crippen molar-refractivity contribution < 1.29 is 9.84 Å². The van der Waals surface area contributed by atoms with Gasteiger partial charge in [-0.1, -0.05) is 86.9 Å². The maximum absolute atomic E-state index is 10.5. The quantitative estimate of drug-likeness (QED) is 0.109. The van der Waals surface area contributed by atoms with Crippen LogP contribution in [0.2, 0.25) is 0 Å². The van der Waals surface area contributed by atoms with Crippen LogP contribution in [0.25, 0.3) is 38.6 Å². The Kier molecular flexibility index (Phi) is 7.14. The number of benzene rings is 3. The van der Waals surface area contributed by atoms with E-state index in [0.29, 0.717) is 18.2 Å². The van der Waals surface area contributed by atoms with Crippen LogP contribution in [0.3, 0.4) is 0 Å². The van der Waals surface area contributed by atoms with E-state index in [4.69, 9.17) is 9.84 Å². The van der Waals surface area contributed by atoms with E-state index in [2.05, 4.69) is 60.0 Å². The van der Waals surface area contributed by atoms with E-state index in [1.54, 1.807) is 0 Å². The third-order valence-corrected chi connectivity index (χ3v) is 8.29. The molecule has 0 unspecified atom stereocenters. The van der Waals surface area contributed by atoms with Gasteiger partial charge in [0.15, 0.2) is 0 Å². The molecule has 0 spiro atoms. The van der Waals surface area contributed by atoms with E-state index >= 15 is 0 Å². The molecule has 0 saturated heterocycles. The number of H-pyrrole nitrogens is 2. The average Bonchev–Trinajstić information content (AvgIpc) is 3.40. The number of ether oxygens (including phenoxy) is 1. The Morgan fingerprint density at radius 1 is 0.974 bits per heavy atom. The Morgan fingerprint density at radius 2 is 1.72 bits per heavy atom. The minimum Gasteiger partial charge on any atom is -0.506 e. The van der Waals surface area contributed by atoms with Crippen molar-refractivity contribution in [3.8, 4) is 16.9 Å². The number of rotatable bonds is 8. The van der Waals surface area contributed by atoms with Crippen molar-refractivity contribution in [2.45, 2.75) is 64.2 Å². The molecule has 3 N–H and O–H groups in total. The predicted molar refractivity (Wildman–Crippen MR) is 160 cm³/mol. The van der Waals surface area contributed by atoms with Crippen molar-refractivity contribution in [2.75, 3.05) is 6.61 Å². The molecule has 5 heteroatoms. The predicted octanol–water partition coefficient (Wildman–Crippen LogP) is 9.00. The SMILES string of the molecule is C=C(O)c1[nH]c2c(-c3c(C4CCCCCC4)n[nH]c3C)cccc2c1CCCOc1cccc2ccccc12. The number of aliphatic hydroxyl groups is 1. The number of aromatic nitrogens is 3. The Morgan fingerprint density at radius 3 is 2.54 bits per heavy atom. The normalized spacial score (nSPS) is 14.6. The molecule has 3 aromatic carbocycles. The standard InChI is InChI=1S/C34H37N3O2/c1-22-31(33(37-36-22)25-13-5-3-4-6-14-25)29-18-10-17-28-27(32(23(2)38)35-34(28)29)19-11-21-39-30-20-9-15-24-12-7-8-16-26(24)30/h7-10,12,15-18,20,25,35,38H,2-6,11,13-14,19,21H2,1H3,(H,36,37). The Bertz CT molecular complexity index is 1610. The molecule has 0 aliphatic heterocycles. The zero-order chi connectivity index (χ0) is 26.8. The average molecular weight is 520 g/mol. The first-order chi connectivity index (χ1) is 19.1. The summed E-state index contributed by atoms with van der Waals surface area (Å²) in [4.78, 5) is 3.54. The number of hydrogen-bond donors (Lipinski definition) is 3. The Balaban J connectivity index is 1.29. The van der Waals surface area contributed by atoms with Gasteiger partial charge in [-0.2, -0.15) is 5.10 Å². The van der Waals surface area contributed by atoms with Crippen LogP contribution in [0.5, 0.6) is 5.75 Å². The first-order valence-corrected chi connectivity index (χ1v) is 14.3. The molecule has 5 aromatic rings. The monoisotopic (exact) mass is 519 g/mol. The summed E-state index contributed by atoms with van der Waals surface area (Å²) in [6.45, 7) is 6.58. The zero-order valence-electron chi connectivity index (χ0n) is 22.7. The van der Waals surface area contributed by atoms with Crippen LogP contribution < -0.4 is 4.74 Å². The smallest absolute Gasteiger partial charge is 0.132 e. The number of nitrogens with one attached hydrogen (secondary N) is 2. The number of para-hydroxylation sites is 1. The highest BCUT2D eigenvalue weighted by Crippen LogP contribution is 2.41. The highest BCUT2D eigenvalue weighted by Gasteiger charge is 2.25. The fourth-order valence-corrected chi connectivity index (χ4v) is 6.38. The first-order valence-electron chi connectivity index (χ1n) is 14.3. The molecule has 39 heavy (non-hydrogen) atoms. The molecule has 2 heterocycles. The third kappa shape index (κ3) is 4.94. The van der Waals surface area contributed by atoms with Crippen LogP contribution in [-0.4, -0.2) is 26.9 Å². The fraction of sp³-hybridized carbons (Fsp3) is 0.324. The van der Waals surface area contributed by atoms with Crippen molar-refractivity contribution in [1.29, 1.82) is 0 Å². The number of aryl methyl sites for hydroxylation is 2. The number of fused-ring (bicyclic) bond motifs is 2. The van der Waals surface area contributed by atoms with Crippen LogP contribution in [0, 0.1) is 6.92 Å². The lowest BCUT2D eigenvalue weighted by atomic mass is 9.89. The van der Waals surface area contributed by atoms with E-state index in [1.807, 2.05) is 24.3 Å². The van der Waals surface area contributed by atoms with E-state index in [-0.39, 0.29) is 5.76 Å². The van der Waals surface area contributed by atoms with E-state index in [9.17, 15) is 5.11 Å². The highest BCUT2D eigenvalue weighted by molar-refractivity contribution is 5.99. The summed E-state index contributed by atoms with van der Waals surface area (Å²) in [5.41, 5.74) is 7.44. The van der Waals surface area contributed by atoms with E-state index in [1.165, 1.54) is 55.2 Å². The van der Waals surface area contributed by atoms with Crippen molar-refractivity contribution in [3.63, 3.8) is 0 Å². The summed E-state index contributed by atoms with van der Waals surface area (Å²) < 4.78 is 6.21. The zero-order valence-corrected chi connectivity index (χ0v) is 22.7. The highest BCUT2D eigenvalue weighted by atomic mass is 16.5. The maximum atomic E-state index is 10.5. The van der Waals surface area contributed by atoms with Crippen LogP contribution >= 0.6 is 0 Å². The molecule has 0 radical (unpaired) electrons. The first kappa shape index (κ1) is 25.3. The van der Waals surface area contributed by atoms with Gasteiger partial charge in [-0.15, -0.1) is 0 Å². The summed E-state index contributed by atoms with van der Waals surface area (Å²) in [5, 5.41) is 22.1. The summed E-state index contributed by atoms with van der Waals surface area (Å²) >= 11 is 0. The summed E-state index contributed by atoms with van der Waals surface area (Å²) in [6.07, 6.45) is 9.14. The van der Waals surface area contributed by atoms with Gasteiger partial charge < -0.3 is 14.8 Å². The van der Waals surface area contributed by atoms with E-state index < -0.39 is 0 Å². The lowest BCUT2D eigenvalue weighted by molar-refractivity contribution is 0.314. The van der Waals surface area contributed by atoms with Crippen LogP contribution in [0.4, 0.5) is 0 Å². The van der Waals surface area contributed by atoms with Gasteiger partial charge in [0.25, 0.3) is 0 Å². The van der Waals surface area contributed by atoms with Gasteiger partial charge in [0.2, 0.25) is 0 Å². The number of nitrogens with zero attached hydrogens (tertiary/aromatic N) is 1. The number of hydrogen-bond acceptors (Lipinski definition) is 3. The maximum Gasteiger partial charge on any atom is 0.132 e. The van der Waals surface area contributed by atoms with Crippen LogP contribution in [0.1, 0.15) is 73.5 Å². The molecule has 200 valence electrons. The minimum atomic E-state index is 0.0648. The molecule has 0 bridgehead atoms. The topological polar surface area (TPSA) is 73.9 Å². The van der Waals surface area contributed by atoms with Gasteiger partial charge in [-0.05, 0) is 49.6 Å². The summed E-state index contributed by atoms with van der Waals surface area (Å²) in [5.74, 6) is 1.45. The molecule has 1 aliphatic rings. The van der Waals surface area contributed by atoms with Crippen LogP contribution in [-0.2, 0) is 6.42 Å². The molecule has 0 amide bonds. The second kappa shape index (κ2) is 11.0. The second-order valence-electron chi connectivity index (χ2n) is 10.9. The van der Waals surface area contributed by atoms with Gasteiger partial charge >= 0.3 is 0 Å². The number of aromatic amines is 2. The largest absolute Gasteiger partial charge is 0.506 e. The van der Waals surface area contributed by atoms with Crippen molar-refractivity contribution >= 4 is 27.4 Å². The Hall–Kier alpha value is -3.99. The lowest BCUT2D eigenvalue weighted by Gasteiger charge is -2.15. The minimum absolute atomic E-state index is 0.0648. The van der Waals surface area contributed by atoms with Crippen molar-refractivity contribution in [2.24, 2.45) is 0 Å². The molecular formula is C34H37N3O2. The summed E-state index contributed by atoms with van der Waals surface area (Å²) in [6, 6.07) is 20.9.